The van der Waals surface area contributed by atoms with Crippen LogP contribution in [0.2, 0.25) is 0 Å². The summed E-state index contributed by atoms with van der Waals surface area (Å²) in [5.74, 6) is -0.797. The van der Waals surface area contributed by atoms with Crippen LogP contribution in [-0.4, -0.2) is 211 Å². The summed E-state index contributed by atoms with van der Waals surface area (Å²) in [6.45, 7) is 16.8. The Labute approximate surface area is 783 Å². The van der Waals surface area contributed by atoms with Gasteiger partial charge in [-0.1, -0.05) is 181 Å². The van der Waals surface area contributed by atoms with Gasteiger partial charge in [0.1, 0.15) is 33.0 Å². The predicted molar refractivity (Wildman–Crippen MR) is 400 cm³/mol. The summed E-state index contributed by atoms with van der Waals surface area (Å²) in [5.41, 5.74) is 0. The normalized spacial score (nSPS) is 11.2. The van der Waals surface area contributed by atoms with Gasteiger partial charge in [-0.15, -0.1) is 25.3 Å². The first-order valence-electron chi connectivity index (χ1n) is 37.5. The zero-order chi connectivity index (χ0) is 81.8. The van der Waals surface area contributed by atoms with Crippen molar-refractivity contribution >= 4 is 81.4 Å². The molecular weight excluding hydrogens is 1610 g/mol. The second-order valence-electron chi connectivity index (χ2n) is 24.5. The molecule has 0 amide bonds. The summed E-state index contributed by atoms with van der Waals surface area (Å²) in [4.78, 5) is 56.2. The van der Waals surface area contributed by atoms with Crippen molar-refractivity contribution in [2.45, 2.75) is 313 Å². The van der Waals surface area contributed by atoms with E-state index in [1.54, 1.807) is 49.4 Å². The van der Waals surface area contributed by atoms with Crippen LogP contribution < -0.4 is 148 Å². The molecular formula is C71H137Na5O30S5. The molecule has 0 spiro atoms. The maximum absolute atomic E-state index is 11.3. The van der Waals surface area contributed by atoms with Gasteiger partial charge in [0, 0.05) is 83.4 Å². The summed E-state index contributed by atoms with van der Waals surface area (Å²) >= 11 is 0. The van der Waals surface area contributed by atoms with Crippen LogP contribution in [0.1, 0.15) is 297 Å². The van der Waals surface area contributed by atoms with Crippen LogP contribution in [0.3, 0.4) is 0 Å². The molecule has 111 heavy (non-hydrogen) atoms. The monoisotopic (exact) mass is 1740 g/mol. The Balaban J connectivity index is -0.000000107. The van der Waals surface area contributed by atoms with E-state index < -0.39 is 67.3 Å². The first-order chi connectivity index (χ1) is 50.3. The van der Waals surface area contributed by atoms with E-state index in [-0.39, 0.29) is 184 Å². The standard InChI is InChI=1S/3C15H30O6S.2C13H25O3.5Na.2O3S/c2*1-3-14(22(17,18)19)10-8-6-4-5-7-9-11-15(16)21-13-12-20-2;1-3-9-14(22(17,18)19)10-7-5-4-6-8-11-15(16)21-13-12-20-2;2*1-3-4-5-6-7-8-9-10-13(14)16-12-11-15-2;;;;;;2*1-4(2)3/h3*14H,3-13H2,1-2H3,(H,17,18,19);2*1,3-12H2,2H3;;;;;;;/q;;;2*-1;5*+1;;/p-3. The molecule has 0 fully saturated rings. The van der Waals surface area contributed by atoms with Gasteiger partial charge in [-0.3, -0.25) is 24.0 Å². The zero-order valence-electron chi connectivity index (χ0n) is 70.4. The fourth-order valence-electron chi connectivity index (χ4n) is 9.59. The van der Waals surface area contributed by atoms with E-state index in [1.165, 1.54) is 51.4 Å². The molecule has 3 unspecified atom stereocenters. The van der Waals surface area contributed by atoms with E-state index in [0.29, 0.717) is 137 Å². The SMILES string of the molecule is CCC(CCCCCCCCC(=O)OCCOC)S(=O)(=O)[O-].CCC(CCCCCCCCC(=O)OCCOC)S(=O)(=O)[O-].CCCC(CCCCCCCC(=O)OCCOC)S(=O)(=O)[O-].O=S(=O)=O.O=S(=O)=O.[CH2-]CCCCCCCCC(=O)OCCOC.[CH2-]CCCCCCCCC(=O)OCCOC.[Na+].[Na+].[Na+].[Na+].[Na+]. The number of hydrogen-bond donors (Lipinski definition) is 0. The number of methoxy groups -OCH3 is 5. The van der Waals surface area contributed by atoms with Crippen molar-refractivity contribution in [1.82, 2.24) is 0 Å². The Hall–Kier alpha value is 1.12. The van der Waals surface area contributed by atoms with E-state index in [4.69, 9.17) is 72.6 Å². The van der Waals surface area contributed by atoms with E-state index in [0.717, 1.165) is 148 Å². The summed E-state index contributed by atoms with van der Waals surface area (Å²) in [7, 11) is -10.8. The predicted octanol–water partition coefficient (Wildman–Crippen LogP) is -2.86. The third-order valence-corrected chi connectivity index (χ3v) is 19.5. The van der Waals surface area contributed by atoms with E-state index >= 15 is 0 Å². The number of rotatable bonds is 64. The van der Waals surface area contributed by atoms with E-state index in [9.17, 15) is 62.9 Å². The molecule has 3 atom stereocenters. The Kier molecular flexibility index (Phi) is 133. The minimum atomic E-state index is -4.17. The van der Waals surface area contributed by atoms with Crippen molar-refractivity contribution in [3.8, 4) is 0 Å². The summed E-state index contributed by atoms with van der Waals surface area (Å²) < 4.78 is 198. The first-order valence-corrected chi connectivity index (χ1v) is 43.9. The van der Waals surface area contributed by atoms with Gasteiger partial charge in [0.05, 0.1) is 63.4 Å². The number of carbonyl (C=O) groups is 5. The van der Waals surface area contributed by atoms with Crippen molar-refractivity contribution in [3.05, 3.63) is 13.8 Å². The quantitative estimate of drug-likeness (QED) is 0.0148. The number of carbonyl (C=O) groups excluding carboxylic acids is 5. The molecule has 0 aromatic heterocycles. The van der Waals surface area contributed by atoms with Gasteiger partial charge in [-0.2, -0.15) is 12.8 Å². The molecule has 30 nitrogen and oxygen atoms in total. The van der Waals surface area contributed by atoms with Gasteiger partial charge in [0.15, 0.2) is 0 Å². The maximum atomic E-state index is 11.3. The smallest absolute Gasteiger partial charge is 0.748 e. The maximum Gasteiger partial charge on any atom is 1.00 e. The molecule has 0 aliphatic heterocycles. The average Bonchev–Trinajstić information content (AvgIpc) is 0.900. The van der Waals surface area contributed by atoms with Crippen LogP contribution in [0.25, 0.3) is 0 Å². The van der Waals surface area contributed by atoms with E-state index in [2.05, 4.69) is 13.8 Å². The third-order valence-electron chi connectivity index (χ3n) is 15.5. The van der Waals surface area contributed by atoms with Crippen molar-refractivity contribution in [2.24, 2.45) is 0 Å². The van der Waals surface area contributed by atoms with Gasteiger partial charge in [0.25, 0.3) is 0 Å². The molecule has 0 aliphatic rings. The first kappa shape index (κ1) is 138. The molecule has 0 saturated carbocycles. The third kappa shape index (κ3) is 129. The van der Waals surface area contributed by atoms with Crippen molar-refractivity contribution < 1.29 is 283 Å². The molecule has 40 heteroatoms. The van der Waals surface area contributed by atoms with Gasteiger partial charge >= 0.3 is 199 Å². The Morgan fingerprint density at radius 2 is 0.441 bits per heavy atom. The van der Waals surface area contributed by atoms with Crippen molar-refractivity contribution in [1.29, 1.82) is 0 Å². The van der Waals surface area contributed by atoms with Gasteiger partial charge in [0.2, 0.25) is 0 Å². The molecule has 0 radical (unpaired) electrons. The summed E-state index contributed by atoms with van der Waals surface area (Å²) in [6, 6.07) is 0. The molecule has 0 aromatic rings. The minimum absolute atomic E-state index is 0. The number of hydrogen-bond acceptors (Lipinski definition) is 30. The van der Waals surface area contributed by atoms with Crippen LogP contribution in [0.4, 0.5) is 0 Å². The van der Waals surface area contributed by atoms with Crippen LogP contribution in [-0.2, 0) is 123 Å². The van der Waals surface area contributed by atoms with Crippen LogP contribution in [0, 0.1) is 13.8 Å². The molecule has 0 aliphatic carbocycles. The van der Waals surface area contributed by atoms with Gasteiger partial charge < -0.3 is 74.9 Å². The van der Waals surface area contributed by atoms with E-state index in [1.807, 2.05) is 6.92 Å². The second-order valence-corrected chi connectivity index (χ2v) is 30.3. The summed E-state index contributed by atoms with van der Waals surface area (Å²) in [6.07, 6.45) is 36.8. The van der Waals surface area contributed by atoms with Gasteiger partial charge in [-0.25, -0.2) is 25.3 Å². The van der Waals surface area contributed by atoms with Crippen molar-refractivity contribution in [3.63, 3.8) is 0 Å². The molecule has 0 bridgehead atoms. The molecule has 0 saturated heterocycles. The number of esters is 5. The molecule has 0 rings (SSSR count). The second kappa shape index (κ2) is 107. The van der Waals surface area contributed by atoms with Crippen molar-refractivity contribution in [2.75, 3.05) is 102 Å². The Morgan fingerprint density at radius 3 is 0.595 bits per heavy atom. The van der Waals surface area contributed by atoms with Crippen LogP contribution in [0.5, 0.6) is 0 Å². The van der Waals surface area contributed by atoms with Crippen LogP contribution >= 0.6 is 0 Å². The molecule has 0 aromatic carbocycles. The minimum Gasteiger partial charge on any atom is -0.748 e. The number of unbranched alkanes of at least 4 members (excludes halogenated alkanes) is 26. The summed E-state index contributed by atoms with van der Waals surface area (Å²) in [5, 5.41) is -2.22. The molecule has 636 valence electrons. The number of ether oxygens (including phenoxy) is 10. The topological polar surface area (TPSA) is 452 Å². The molecule has 0 heterocycles. The fraction of sp³-hybridized carbons (Fsp3) is 0.901. The Morgan fingerprint density at radius 1 is 0.279 bits per heavy atom. The fourth-order valence-corrected chi connectivity index (χ4v) is 12.3. The average molecular weight is 1750 g/mol. The largest absolute Gasteiger partial charge is 1.00 e. The zero-order valence-corrected chi connectivity index (χ0v) is 84.5. The Bertz CT molecular complexity index is 2460. The van der Waals surface area contributed by atoms with Crippen LogP contribution in [0.15, 0.2) is 0 Å². The molecule has 0 N–H and O–H groups in total. The van der Waals surface area contributed by atoms with Gasteiger partial charge in [-0.05, 0) is 70.6 Å².